The van der Waals surface area contributed by atoms with Gasteiger partial charge in [0.05, 0.1) is 6.61 Å². The summed E-state index contributed by atoms with van der Waals surface area (Å²) >= 11 is 0. The van der Waals surface area contributed by atoms with Crippen LogP contribution in [0.4, 0.5) is 0 Å². The van der Waals surface area contributed by atoms with Crippen molar-refractivity contribution in [1.29, 1.82) is 5.26 Å². The fraction of sp³-hybridized carbons (Fsp3) is 0.600. The Balaban J connectivity index is 4.77. The summed E-state index contributed by atoms with van der Waals surface area (Å²) in [5, 5.41) is 8.75. The normalized spacial score (nSPS) is 8.77. The molecule has 0 aromatic heterocycles. The molecule has 0 N–H and O–H groups in total. The predicted octanol–water partition coefficient (Wildman–Crippen LogP) is 2.19. The van der Waals surface area contributed by atoms with Gasteiger partial charge in [-0.1, -0.05) is 13.8 Å². The number of rotatable bonds is 4. The van der Waals surface area contributed by atoms with Gasteiger partial charge in [-0.3, -0.25) is 0 Å². The van der Waals surface area contributed by atoms with E-state index in [0.29, 0.717) is 6.61 Å². The standard InChI is InChI=1S/C10H15NO2/c1-4-8(5-2)9(7-11)10(12)13-6-3/h4-6H2,1-3H3. The van der Waals surface area contributed by atoms with Crippen LogP contribution in [0, 0.1) is 11.3 Å². The van der Waals surface area contributed by atoms with E-state index < -0.39 is 5.97 Å². The Morgan fingerprint density at radius 1 is 1.31 bits per heavy atom. The smallest absolute Gasteiger partial charge is 0.348 e. The molecule has 0 radical (unpaired) electrons. The highest BCUT2D eigenvalue weighted by molar-refractivity contribution is 5.93. The molecule has 0 aliphatic carbocycles. The highest BCUT2D eigenvalue weighted by Crippen LogP contribution is 2.13. The number of esters is 1. The van der Waals surface area contributed by atoms with Crippen molar-refractivity contribution < 1.29 is 9.53 Å². The lowest BCUT2D eigenvalue weighted by Gasteiger charge is -2.04. The first kappa shape index (κ1) is 11.7. The third kappa shape index (κ3) is 3.29. The molecule has 0 aromatic rings. The summed E-state index contributed by atoms with van der Waals surface area (Å²) in [5.41, 5.74) is 1.04. The largest absolute Gasteiger partial charge is 0.462 e. The number of nitriles is 1. The molecule has 0 fully saturated rings. The fourth-order valence-electron chi connectivity index (χ4n) is 1.08. The molecule has 0 aliphatic heterocycles. The zero-order valence-electron chi connectivity index (χ0n) is 8.39. The first-order valence-corrected chi connectivity index (χ1v) is 4.50. The zero-order chi connectivity index (χ0) is 10.3. The highest BCUT2D eigenvalue weighted by Gasteiger charge is 2.13. The van der Waals surface area contributed by atoms with Crippen LogP contribution >= 0.6 is 0 Å². The van der Waals surface area contributed by atoms with Gasteiger partial charge in [0.2, 0.25) is 0 Å². The Labute approximate surface area is 79.0 Å². The summed E-state index contributed by atoms with van der Waals surface area (Å²) in [6, 6.07) is 1.89. The van der Waals surface area contributed by atoms with Crippen LogP contribution in [0.25, 0.3) is 0 Å². The number of hydrogen-bond donors (Lipinski definition) is 0. The van der Waals surface area contributed by atoms with Crippen LogP contribution in [0.1, 0.15) is 33.6 Å². The molecule has 0 saturated heterocycles. The molecule has 0 rings (SSSR count). The van der Waals surface area contributed by atoms with Crippen molar-refractivity contribution in [2.24, 2.45) is 0 Å². The first-order chi connectivity index (χ1) is 6.21. The average Bonchev–Trinajstić information content (AvgIpc) is 2.14. The lowest BCUT2D eigenvalue weighted by atomic mass is 10.0. The molecule has 0 saturated carbocycles. The van der Waals surface area contributed by atoms with E-state index in [0.717, 1.165) is 18.4 Å². The minimum absolute atomic E-state index is 0.173. The molecular weight excluding hydrogens is 166 g/mol. The summed E-state index contributed by atoms with van der Waals surface area (Å²) in [4.78, 5) is 11.2. The molecular formula is C10H15NO2. The Hall–Kier alpha value is -1.30. The lowest BCUT2D eigenvalue weighted by Crippen LogP contribution is -2.08. The van der Waals surface area contributed by atoms with Gasteiger partial charge < -0.3 is 4.74 Å². The van der Waals surface area contributed by atoms with Crippen molar-refractivity contribution in [2.75, 3.05) is 6.61 Å². The molecule has 0 unspecified atom stereocenters. The van der Waals surface area contributed by atoms with Gasteiger partial charge >= 0.3 is 5.97 Å². The molecule has 0 amide bonds. The Kier molecular flexibility index (Phi) is 5.62. The van der Waals surface area contributed by atoms with E-state index in [2.05, 4.69) is 0 Å². The predicted molar refractivity (Wildman–Crippen MR) is 49.9 cm³/mol. The van der Waals surface area contributed by atoms with Crippen molar-refractivity contribution in [3.8, 4) is 6.07 Å². The summed E-state index contributed by atoms with van der Waals surface area (Å²) in [5.74, 6) is -0.497. The van der Waals surface area contributed by atoms with Gasteiger partial charge in [0.25, 0.3) is 0 Å². The molecule has 0 spiro atoms. The maximum atomic E-state index is 11.2. The van der Waals surface area contributed by atoms with Crippen molar-refractivity contribution in [3.63, 3.8) is 0 Å². The van der Waals surface area contributed by atoms with Gasteiger partial charge in [0.1, 0.15) is 11.6 Å². The molecule has 0 heterocycles. The molecule has 72 valence electrons. The van der Waals surface area contributed by atoms with Crippen molar-refractivity contribution in [1.82, 2.24) is 0 Å². The highest BCUT2D eigenvalue weighted by atomic mass is 16.5. The maximum absolute atomic E-state index is 11.2. The third-order valence-electron chi connectivity index (χ3n) is 1.80. The molecule has 0 atom stereocenters. The van der Waals surface area contributed by atoms with E-state index >= 15 is 0 Å². The minimum atomic E-state index is -0.497. The zero-order valence-corrected chi connectivity index (χ0v) is 8.39. The van der Waals surface area contributed by atoms with Crippen LogP contribution in [-0.4, -0.2) is 12.6 Å². The van der Waals surface area contributed by atoms with Gasteiger partial charge in [-0.15, -0.1) is 0 Å². The third-order valence-corrected chi connectivity index (χ3v) is 1.80. The second-order valence-corrected chi connectivity index (χ2v) is 2.52. The number of ether oxygens (including phenoxy) is 1. The number of hydrogen-bond acceptors (Lipinski definition) is 3. The molecule has 3 heteroatoms. The summed E-state index contributed by atoms with van der Waals surface area (Å²) in [7, 11) is 0. The number of allylic oxidation sites excluding steroid dienone is 1. The molecule has 0 aromatic carbocycles. The van der Waals surface area contributed by atoms with Gasteiger partial charge in [0.15, 0.2) is 0 Å². The van der Waals surface area contributed by atoms with E-state index in [1.807, 2.05) is 19.9 Å². The molecule has 0 aliphatic rings. The van der Waals surface area contributed by atoms with Gasteiger partial charge in [-0.2, -0.15) is 5.26 Å². The van der Waals surface area contributed by atoms with E-state index in [1.165, 1.54) is 0 Å². The second-order valence-electron chi connectivity index (χ2n) is 2.52. The first-order valence-electron chi connectivity index (χ1n) is 4.50. The Morgan fingerprint density at radius 3 is 2.15 bits per heavy atom. The second kappa shape index (κ2) is 6.24. The Bertz CT molecular complexity index is 242. The van der Waals surface area contributed by atoms with E-state index in [1.54, 1.807) is 6.92 Å². The van der Waals surface area contributed by atoms with Crippen LogP contribution in [0.15, 0.2) is 11.1 Å². The summed E-state index contributed by atoms with van der Waals surface area (Å²) in [6.45, 7) is 5.89. The van der Waals surface area contributed by atoms with Crippen molar-refractivity contribution in [2.45, 2.75) is 33.6 Å². The van der Waals surface area contributed by atoms with Crippen LogP contribution in [0.2, 0.25) is 0 Å². The van der Waals surface area contributed by atoms with Gasteiger partial charge in [-0.25, -0.2) is 4.79 Å². The van der Waals surface area contributed by atoms with Crippen LogP contribution in [-0.2, 0) is 9.53 Å². The lowest BCUT2D eigenvalue weighted by molar-refractivity contribution is -0.138. The fourth-order valence-corrected chi connectivity index (χ4v) is 1.08. The summed E-state index contributed by atoms with van der Waals surface area (Å²) in [6.07, 6.45) is 1.44. The molecule has 13 heavy (non-hydrogen) atoms. The van der Waals surface area contributed by atoms with E-state index in [-0.39, 0.29) is 5.57 Å². The number of nitrogens with zero attached hydrogens (tertiary/aromatic N) is 1. The van der Waals surface area contributed by atoms with Crippen LogP contribution in [0.5, 0.6) is 0 Å². The monoisotopic (exact) mass is 181 g/mol. The number of carbonyl (C=O) groups is 1. The average molecular weight is 181 g/mol. The Morgan fingerprint density at radius 2 is 1.85 bits per heavy atom. The number of carbonyl (C=O) groups excluding carboxylic acids is 1. The van der Waals surface area contributed by atoms with Crippen molar-refractivity contribution >= 4 is 5.97 Å². The maximum Gasteiger partial charge on any atom is 0.348 e. The van der Waals surface area contributed by atoms with E-state index in [9.17, 15) is 4.79 Å². The SMILES string of the molecule is CCOC(=O)C(C#N)=C(CC)CC. The van der Waals surface area contributed by atoms with Crippen LogP contribution < -0.4 is 0 Å². The molecule has 3 nitrogen and oxygen atoms in total. The van der Waals surface area contributed by atoms with Crippen molar-refractivity contribution in [3.05, 3.63) is 11.1 Å². The topological polar surface area (TPSA) is 50.1 Å². The minimum Gasteiger partial charge on any atom is -0.462 e. The van der Waals surface area contributed by atoms with E-state index in [4.69, 9.17) is 10.00 Å². The molecule has 0 bridgehead atoms. The quantitative estimate of drug-likeness (QED) is 0.379. The summed E-state index contributed by atoms with van der Waals surface area (Å²) < 4.78 is 4.76. The van der Waals surface area contributed by atoms with Gasteiger partial charge in [0, 0.05) is 0 Å². The van der Waals surface area contributed by atoms with Gasteiger partial charge in [-0.05, 0) is 25.3 Å². The van der Waals surface area contributed by atoms with Crippen LogP contribution in [0.3, 0.4) is 0 Å².